The van der Waals surface area contributed by atoms with Gasteiger partial charge in [-0.1, -0.05) is 23.5 Å². The number of amides is 1. The summed E-state index contributed by atoms with van der Waals surface area (Å²) in [5.74, 6) is 0.341. The Morgan fingerprint density at radius 3 is 2.71 bits per heavy atom. The number of ether oxygens (including phenoxy) is 2. The first-order chi connectivity index (χ1) is 14.9. The van der Waals surface area contributed by atoms with Crippen LogP contribution in [0.2, 0.25) is 0 Å². The monoisotopic (exact) mass is 462 g/mol. The van der Waals surface area contributed by atoms with Gasteiger partial charge in [0.25, 0.3) is 5.91 Å². The first-order valence-electron chi connectivity index (χ1n) is 9.59. The van der Waals surface area contributed by atoms with Crippen molar-refractivity contribution in [1.82, 2.24) is 14.3 Å². The molecule has 0 aliphatic carbocycles. The number of rotatable bonds is 5. The molecule has 1 N–H and O–H groups in total. The van der Waals surface area contributed by atoms with Crippen LogP contribution in [-0.2, 0) is 21.9 Å². The van der Waals surface area contributed by atoms with Crippen LogP contribution in [0.4, 0.5) is 0 Å². The summed E-state index contributed by atoms with van der Waals surface area (Å²) in [5, 5.41) is 4.14. The van der Waals surface area contributed by atoms with Crippen LogP contribution in [0.25, 0.3) is 10.2 Å². The fraction of sp³-hybridized carbons (Fsp3) is 0.300. The Kier molecular flexibility index (Phi) is 5.99. The molecule has 0 spiro atoms. The maximum Gasteiger partial charge on any atom is 0.255 e. The van der Waals surface area contributed by atoms with E-state index in [1.54, 1.807) is 6.07 Å². The number of aryl methyl sites for hydroxylation is 1. The van der Waals surface area contributed by atoms with Crippen LogP contribution >= 0.6 is 11.3 Å². The zero-order chi connectivity index (χ0) is 22.0. The lowest BCUT2D eigenvalue weighted by atomic mass is 10.3. The SMILES string of the molecule is CN(CC(=O)N/N=c1\sc2ccccc2n1C)S(=O)(=O)c1ccc2c(c1)OCCCO2. The van der Waals surface area contributed by atoms with Crippen molar-refractivity contribution >= 4 is 37.5 Å². The van der Waals surface area contributed by atoms with Crippen molar-refractivity contribution in [1.29, 1.82) is 0 Å². The molecule has 1 amide bonds. The molecule has 0 fully saturated rings. The van der Waals surface area contributed by atoms with Crippen LogP contribution in [-0.4, -0.2) is 50.0 Å². The predicted octanol–water partition coefficient (Wildman–Crippen LogP) is 1.65. The number of carbonyl (C=O) groups excluding carboxylic acids is 1. The number of sulfonamides is 1. The number of hydrogen-bond donors (Lipinski definition) is 1. The highest BCUT2D eigenvalue weighted by atomic mass is 32.2. The first-order valence-corrected chi connectivity index (χ1v) is 11.8. The number of carbonyl (C=O) groups is 1. The minimum absolute atomic E-state index is 0.0277. The van der Waals surface area contributed by atoms with Crippen molar-refractivity contribution in [3.63, 3.8) is 0 Å². The second-order valence-electron chi connectivity index (χ2n) is 6.98. The van der Waals surface area contributed by atoms with Crippen molar-refractivity contribution in [2.24, 2.45) is 12.1 Å². The van der Waals surface area contributed by atoms with Gasteiger partial charge in [-0.15, -0.1) is 5.10 Å². The molecule has 1 aliphatic heterocycles. The second kappa shape index (κ2) is 8.69. The van der Waals surface area contributed by atoms with E-state index in [9.17, 15) is 13.2 Å². The van der Waals surface area contributed by atoms with E-state index in [2.05, 4.69) is 10.5 Å². The third-order valence-electron chi connectivity index (χ3n) is 4.78. The van der Waals surface area contributed by atoms with Crippen LogP contribution in [0, 0.1) is 0 Å². The molecule has 164 valence electrons. The lowest BCUT2D eigenvalue weighted by Gasteiger charge is -2.17. The van der Waals surface area contributed by atoms with Gasteiger partial charge in [0.05, 0.1) is 34.9 Å². The zero-order valence-electron chi connectivity index (χ0n) is 17.1. The van der Waals surface area contributed by atoms with Gasteiger partial charge in [-0.3, -0.25) is 4.79 Å². The molecule has 3 aromatic rings. The number of benzene rings is 2. The van der Waals surface area contributed by atoms with Gasteiger partial charge in [0.2, 0.25) is 14.8 Å². The van der Waals surface area contributed by atoms with Crippen LogP contribution in [0.1, 0.15) is 6.42 Å². The third-order valence-corrected chi connectivity index (χ3v) is 7.70. The summed E-state index contributed by atoms with van der Waals surface area (Å²) in [6, 6.07) is 12.2. The van der Waals surface area contributed by atoms with E-state index in [4.69, 9.17) is 9.47 Å². The fourth-order valence-electron chi connectivity index (χ4n) is 3.10. The van der Waals surface area contributed by atoms with Crippen molar-refractivity contribution < 1.29 is 22.7 Å². The first kappa shape index (κ1) is 21.3. The number of para-hydroxylation sites is 1. The highest BCUT2D eigenvalue weighted by Crippen LogP contribution is 2.32. The molecule has 1 aliphatic rings. The standard InChI is InChI=1S/C20H22N4O5S2/c1-23(31(26,27)14-8-9-16-17(12-14)29-11-5-10-28-16)13-19(25)21-22-20-24(2)15-6-3-4-7-18(15)30-20/h3-4,6-9,12H,5,10-11,13H2,1-2H3,(H,21,25)/b22-20-. The maximum atomic E-state index is 12.9. The van der Waals surface area contributed by atoms with Crippen LogP contribution in [0.5, 0.6) is 11.5 Å². The molecule has 2 aromatic carbocycles. The normalized spacial score (nSPS) is 14.6. The van der Waals surface area contributed by atoms with Gasteiger partial charge in [0.15, 0.2) is 11.5 Å². The molecular formula is C20H22N4O5S2. The van der Waals surface area contributed by atoms with Gasteiger partial charge in [-0.2, -0.15) is 4.31 Å². The van der Waals surface area contributed by atoms with Crippen molar-refractivity contribution in [2.75, 3.05) is 26.8 Å². The summed E-state index contributed by atoms with van der Waals surface area (Å²) in [4.78, 5) is 13.0. The molecule has 1 aromatic heterocycles. The van der Waals surface area contributed by atoms with Gasteiger partial charge < -0.3 is 14.0 Å². The lowest BCUT2D eigenvalue weighted by Crippen LogP contribution is -2.37. The summed E-state index contributed by atoms with van der Waals surface area (Å²) in [5.41, 5.74) is 3.43. The quantitative estimate of drug-likeness (QED) is 0.581. The van der Waals surface area contributed by atoms with E-state index in [0.717, 1.165) is 20.9 Å². The smallest absolute Gasteiger partial charge is 0.255 e. The highest BCUT2D eigenvalue weighted by molar-refractivity contribution is 7.89. The second-order valence-corrected chi connectivity index (χ2v) is 10.0. The van der Waals surface area contributed by atoms with Crippen LogP contribution in [0.3, 0.4) is 0 Å². The summed E-state index contributed by atoms with van der Waals surface area (Å²) in [6.45, 7) is 0.584. The molecule has 2 heterocycles. The van der Waals surface area contributed by atoms with E-state index in [1.807, 2.05) is 35.9 Å². The summed E-state index contributed by atoms with van der Waals surface area (Å²) in [7, 11) is -0.702. The van der Waals surface area contributed by atoms with Gasteiger partial charge in [-0.05, 0) is 24.3 Å². The lowest BCUT2D eigenvalue weighted by molar-refractivity contribution is -0.121. The van der Waals surface area contributed by atoms with Gasteiger partial charge in [0.1, 0.15) is 0 Å². The zero-order valence-corrected chi connectivity index (χ0v) is 18.7. The van der Waals surface area contributed by atoms with E-state index < -0.39 is 15.9 Å². The van der Waals surface area contributed by atoms with Gasteiger partial charge in [0, 0.05) is 26.6 Å². The minimum atomic E-state index is -3.90. The molecule has 0 unspecified atom stereocenters. The third kappa shape index (κ3) is 4.43. The average Bonchev–Trinajstić information content (AvgIpc) is 2.92. The van der Waals surface area contributed by atoms with Crippen molar-refractivity contribution in [2.45, 2.75) is 11.3 Å². The Labute approximate surface area is 183 Å². The van der Waals surface area contributed by atoms with Crippen LogP contribution < -0.4 is 19.7 Å². The molecule has 0 bridgehead atoms. The van der Waals surface area contributed by atoms with Crippen LogP contribution in [0.15, 0.2) is 52.5 Å². The van der Waals surface area contributed by atoms with E-state index >= 15 is 0 Å². The van der Waals surface area contributed by atoms with E-state index in [0.29, 0.717) is 29.5 Å². The topological polar surface area (TPSA) is 102 Å². The fourth-order valence-corrected chi connectivity index (χ4v) is 5.23. The summed E-state index contributed by atoms with van der Waals surface area (Å²) < 4.78 is 40.8. The molecule has 31 heavy (non-hydrogen) atoms. The number of nitrogens with one attached hydrogen (secondary N) is 1. The number of nitrogens with zero attached hydrogens (tertiary/aromatic N) is 3. The molecule has 4 rings (SSSR count). The number of likely N-dealkylation sites (N-methyl/N-ethyl adjacent to an activating group) is 1. The number of aromatic nitrogens is 1. The molecule has 0 saturated heterocycles. The summed E-state index contributed by atoms with van der Waals surface area (Å²) >= 11 is 1.43. The van der Waals surface area contributed by atoms with Gasteiger partial charge >= 0.3 is 0 Å². The van der Waals surface area contributed by atoms with Gasteiger partial charge in [-0.25, -0.2) is 13.8 Å². The molecule has 0 atom stereocenters. The Morgan fingerprint density at radius 2 is 1.94 bits per heavy atom. The minimum Gasteiger partial charge on any atom is -0.490 e. The number of hydrogen-bond acceptors (Lipinski definition) is 7. The Balaban J connectivity index is 1.48. The largest absolute Gasteiger partial charge is 0.490 e. The number of fused-ring (bicyclic) bond motifs is 2. The Morgan fingerprint density at radius 1 is 1.19 bits per heavy atom. The summed E-state index contributed by atoms with van der Waals surface area (Å²) in [6.07, 6.45) is 0.720. The number of thiazole rings is 1. The molecule has 11 heteroatoms. The maximum absolute atomic E-state index is 12.9. The van der Waals surface area contributed by atoms with E-state index in [1.165, 1.54) is 30.5 Å². The average molecular weight is 463 g/mol. The van der Waals surface area contributed by atoms with Crippen molar-refractivity contribution in [3.05, 3.63) is 47.3 Å². The highest BCUT2D eigenvalue weighted by Gasteiger charge is 2.25. The predicted molar refractivity (Wildman–Crippen MR) is 116 cm³/mol. The molecule has 9 nitrogen and oxygen atoms in total. The molecule has 0 radical (unpaired) electrons. The van der Waals surface area contributed by atoms with Crippen molar-refractivity contribution in [3.8, 4) is 11.5 Å². The molecular weight excluding hydrogens is 440 g/mol. The van der Waals surface area contributed by atoms with E-state index in [-0.39, 0.29) is 11.4 Å². The molecule has 0 saturated carbocycles. The Bertz CT molecular complexity index is 1300. The Hall–Kier alpha value is -2.89.